The lowest BCUT2D eigenvalue weighted by Gasteiger charge is -2.12. The molecule has 0 atom stereocenters. The van der Waals surface area contributed by atoms with Crippen molar-refractivity contribution in [2.24, 2.45) is 0 Å². The second-order valence-corrected chi connectivity index (χ2v) is 6.06. The number of rotatable bonds is 6. The summed E-state index contributed by atoms with van der Waals surface area (Å²) >= 11 is 1.18. The predicted molar refractivity (Wildman–Crippen MR) is 92.9 cm³/mol. The zero-order chi connectivity index (χ0) is 17.8. The van der Waals surface area contributed by atoms with Gasteiger partial charge in [-0.2, -0.15) is 0 Å². The van der Waals surface area contributed by atoms with E-state index in [1.807, 2.05) is 6.07 Å². The number of para-hydroxylation sites is 1. The molecular weight excluding hydrogens is 344 g/mol. The van der Waals surface area contributed by atoms with E-state index in [0.717, 1.165) is 0 Å². The van der Waals surface area contributed by atoms with Crippen molar-refractivity contribution in [2.75, 3.05) is 13.7 Å². The largest absolute Gasteiger partial charge is 0.383 e. The first-order valence-corrected chi connectivity index (χ1v) is 8.18. The lowest BCUT2D eigenvalue weighted by molar-refractivity contribution is -0.385. The average molecular weight is 358 g/mol. The molecule has 0 unspecified atom stereocenters. The first-order chi connectivity index (χ1) is 12.1. The maximum atomic E-state index is 12.7. The van der Waals surface area contributed by atoms with E-state index in [9.17, 15) is 14.9 Å². The number of nitro groups is 1. The standard InChI is InChI=1S/C16H14N4O4S/c1-24-9-8-19-15(21)12-4-2-3-5-13(12)18-16(19)25-14-7-6-11(10-17-14)20(22)23/h2-7,10H,8-9H2,1H3. The molecule has 128 valence electrons. The molecule has 0 N–H and O–H groups in total. The molecule has 0 aliphatic carbocycles. The van der Waals surface area contributed by atoms with Gasteiger partial charge < -0.3 is 4.74 Å². The molecule has 0 saturated carbocycles. The number of aromatic nitrogens is 3. The summed E-state index contributed by atoms with van der Waals surface area (Å²) < 4.78 is 6.60. The maximum absolute atomic E-state index is 12.7. The minimum Gasteiger partial charge on any atom is -0.383 e. The van der Waals surface area contributed by atoms with Crippen molar-refractivity contribution in [1.82, 2.24) is 14.5 Å². The molecule has 9 heteroatoms. The first kappa shape index (κ1) is 17.1. The molecule has 0 fully saturated rings. The smallest absolute Gasteiger partial charge is 0.287 e. The van der Waals surface area contributed by atoms with Gasteiger partial charge in [0, 0.05) is 13.2 Å². The number of pyridine rings is 1. The molecule has 0 aliphatic heterocycles. The first-order valence-electron chi connectivity index (χ1n) is 7.37. The maximum Gasteiger partial charge on any atom is 0.287 e. The third kappa shape index (κ3) is 3.67. The Morgan fingerprint density at radius 2 is 2.08 bits per heavy atom. The van der Waals surface area contributed by atoms with Crippen molar-refractivity contribution >= 4 is 28.4 Å². The van der Waals surface area contributed by atoms with Gasteiger partial charge in [0.15, 0.2) is 5.16 Å². The zero-order valence-electron chi connectivity index (χ0n) is 13.3. The highest BCUT2D eigenvalue weighted by Crippen LogP contribution is 2.26. The summed E-state index contributed by atoms with van der Waals surface area (Å²) in [5.41, 5.74) is 0.338. The topological polar surface area (TPSA) is 100 Å². The van der Waals surface area contributed by atoms with Crippen LogP contribution in [0.3, 0.4) is 0 Å². The fraction of sp³-hybridized carbons (Fsp3) is 0.188. The fourth-order valence-electron chi connectivity index (χ4n) is 2.24. The molecule has 2 aromatic heterocycles. The van der Waals surface area contributed by atoms with Gasteiger partial charge in [0.1, 0.15) is 11.2 Å². The summed E-state index contributed by atoms with van der Waals surface area (Å²) in [6, 6.07) is 10.00. The SMILES string of the molecule is COCCn1c(Sc2ccc([N+](=O)[O-])cn2)nc2ccccc2c1=O. The number of hydrogen-bond acceptors (Lipinski definition) is 7. The molecule has 3 aromatic rings. The van der Waals surface area contributed by atoms with Gasteiger partial charge >= 0.3 is 0 Å². The van der Waals surface area contributed by atoms with Crippen molar-refractivity contribution in [3.05, 3.63) is 63.1 Å². The molecule has 0 amide bonds. The summed E-state index contributed by atoms with van der Waals surface area (Å²) in [5.74, 6) is 0. The molecular formula is C16H14N4O4S. The van der Waals surface area contributed by atoms with Crippen LogP contribution in [0.2, 0.25) is 0 Å². The van der Waals surface area contributed by atoms with Crippen LogP contribution in [-0.4, -0.2) is 33.2 Å². The van der Waals surface area contributed by atoms with E-state index >= 15 is 0 Å². The van der Waals surface area contributed by atoms with Crippen LogP contribution in [0.5, 0.6) is 0 Å². The van der Waals surface area contributed by atoms with Crippen LogP contribution in [0.1, 0.15) is 0 Å². The molecule has 0 saturated heterocycles. The number of benzene rings is 1. The Morgan fingerprint density at radius 3 is 2.76 bits per heavy atom. The molecule has 3 rings (SSSR count). The van der Waals surface area contributed by atoms with Crippen LogP contribution in [0.25, 0.3) is 10.9 Å². The second kappa shape index (κ2) is 7.41. The van der Waals surface area contributed by atoms with Crippen LogP contribution in [0.4, 0.5) is 5.69 Å². The summed E-state index contributed by atoms with van der Waals surface area (Å²) in [7, 11) is 1.56. The van der Waals surface area contributed by atoms with E-state index in [1.165, 1.54) is 34.7 Å². The van der Waals surface area contributed by atoms with Gasteiger partial charge in [-0.3, -0.25) is 19.5 Å². The third-order valence-corrected chi connectivity index (χ3v) is 4.42. The molecule has 1 aromatic carbocycles. The molecule has 2 heterocycles. The van der Waals surface area contributed by atoms with Crippen molar-refractivity contribution < 1.29 is 9.66 Å². The Labute approximate surface area is 146 Å². The van der Waals surface area contributed by atoms with Crippen LogP contribution in [-0.2, 0) is 11.3 Å². The van der Waals surface area contributed by atoms with Gasteiger partial charge in [-0.05, 0) is 30.0 Å². The van der Waals surface area contributed by atoms with Crippen LogP contribution in [0.15, 0.2) is 57.6 Å². The van der Waals surface area contributed by atoms with Gasteiger partial charge in [-0.1, -0.05) is 12.1 Å². The Hall–Kier alpha value is -2.78. The molecule has 25 heavy (non-hydrogen) atoms. The monoisotopic (exact) mass is 358 g/mol. The molecule has 0 bridgehead atoms. The minimum absolute atomic E-state index is 0.0902. The van der Waals surface area contributed by atoms with Crippen LogP contribution < -0.4 is 5.56 Å². The lowest BCUT2D eigenvalue weighted by Crippen LogP contribution is -2.25. The molecule has 8 nitrogen and oxygen atoms in total. The number of ether oxygens (including phenoxy) is 1. The summed E-state index contributed by atoms with van der Waals surface area (Å²) in [4.78, 5) is 31.5. The number of methoxy groups -OCH3 is 1. The van der Waals surface area contributed by atoms with Crippen molar-refractivity contribution in [2.45, 2.75) is 16.7 Å². The number of fused-ring (bicyclic) bond motifs is 1. The van der Waals surface area contributed by atoms with Gasteiger partial charge in [0.05, 0.1) is 29.0 Å². The van der Waals surface area contributed by atoms with Crippen LogP contribution >= 0.6 is 11.8 Å². The van der Waals surface area contributed by atoms with Crippen molar-refractivity contribution in [3.63, 3.8) is 0 Å². The molecule has 0 spiro atoms. The summed E-state index contributed by atoms with van der Waals surface area (Å²) in [6.45, 7) is 0.712. The van der Waals surface area contributed by atoms with Crippen molar-refractivity contribution in [3.8, 4) is 0 Å². The van der Waals surface area contributed by atoms with Gasteiger partial charge in [0.2, 0.25) is 0 Å². The Morgan fingerprint density at radius 1 is 1.28 bits per heavy atom. The van der Waals surface area contributed by atoms with Gasteiger partial charge in [-0.15, -0.1) is 0 Å². The van der Waals surface area contributed by atoms with E-state index in [-0.39, 0.29) is 11.2 Å². The van der Waals surface area contributed by atoms with E-state index in [1.54, 1.807) is 25.3 Å². The summed E-state index contributed by atoms with van der Waals surface area (Å²) in [5, 5.41) is 12.2. The van der Waals surface area contributed by atoms with E-state index in [4.69, 9.17) is 4.74 Å². The third-order valence-electron chi connectivity index (χ3n) is 3.47. The van der Waals surface area contributed by atoms with Gasteiger partial charge in [-0.25, -0.2) is 9.97 Å². The Balaban J connectivity index is 2.03. The molecule has 0 radical (unpaired) electrons. The number of hydrogen-bond donors (Lipinski definition) is 0. The van der Waals surface area contributed by atoms with E-state index in [0.29, 0.717) is 34.2 Å². The zero-order valence-corrected chi connectivity index (χ0v) is 14.1. The molecule has 0 aliphatic rings. The normalized spacial score (nSPS) is 10.9. The fourth-order valence-corrected chi connectivity index (χ4v) is 3.10. The highest BCUT2D eigenvalue weighted by atomic mass is 32.2. The predicted octanol–water partition coefficient (Wildman–Crippen LogP) is 2.50. The van der Waals surface area contributed by atoms with Gasteiger partial charge in [0.25, 0.3) is 11.2 Å². The minimum atomic E-state index is -0.510. The van der Waals surface area contributed by atoms with E-state index < -0.39 is 4.92 Å². The Kier molecular flexibility index (Phi) is 5.05. The lowest BCUT2D eigenvalue weighted by atomic mass is 10.2. The highest BCUT2D eigenvalue weighted by molar-refractivity contribution is 7.99. The number of nitrogens with zero attached hydrogens (tertiary/aromatic N) is 4. The quantitative estimate of drug-likeness (QED) is 0.379. The van der Waals surface area contributed by atoms with Crippen molar-refractivity contribution in [1.29, 1.82) is 0 Å². The average Bonchev–Trinajstić information content (AvgIpc) is 2.62. The van der Waals surface area contributed by atoms with E-state index in [2.05, 4.69) is 9.97 Å². The highest BCUT2D eigenvalue weighted by Gasteiger charge is 2.13. The second-order valence-electron chi connectivity index (χ2n) is 5.07. The van der Waals surface area contributed by atoms with Crippen LogP contribution in [0, 0.1) is 10.1 Å². The summed E-state index contributed by atoms with van der Waals surface area (Å²) in [6.07, 6.45) is 1.18. The Bertz CT molecular complexity index is 972.